The smallest absolute Gasteiger partial charge is 0.409 e. The number of halogens is 8. The Balaban J connectivity index is 1.73. The molecule has 3 aromatic rings. The van der Waals surface area contributed by atoms with E-state index in [0.717, 1.165) is 17.7 Å². The molecule has 0 aliphatic heterocycles. The molecule has 0 atom stereocenters. The number of alkyl halides is 5. The molecule has 0 spiro atoms. The highest BCUT2D eigenvalue weighted by atomic mass is 19.4. The maximum Gasteiger partial charge on any atom is 0.409 e. The molecule has 0 N–H and O–H groups in total. The van der Waals surface area contributed by atoms with Gasteiger partial charge in [-0.05, 0) is 60.9 Å². The molecular weight excluding hydrogens is 468 g/mol. The van der Waals surface area contributed by atoms with Crippen molar-refractivity contribution < 1.29 is 39.9 Å². The third-order valence-corrected chi connectivity index (χ3v) is 4.86. The lowest BCUT2D eigenvalue weighted by atomic mass is 9.99. The molecule has 0 aromatic heterocycles. The zero-order valence-electron chi connectivity index (χ0n) is 17.7. The molecule has 0 heterocycles. The molecule has 3 aromatic carbocycles. The van der Waals surface area contributed by atoms with Gasteiger partial charge >= 0.3 is 12.3 Å². The molecule has 0 unspecified atom stereocenters. The van der Waals surface area contributed by atoms with Gasteiger partial charge in [-0.25, -0.2) is 13.2 Å². The van der Waals surface area contributed by atoms with E-state index in [2.05, 4.69) is 0 Å². The van der Waals surface area contributed by atoms with Gasteiger partial charge in [-0.15, -0.1) is 0 Å². The molecule has 180 valence electrons. The number of hydrogen-bond acceptors (Lipinski definition) is 1. The van der Waals surface area contributed by atoms with Crippen LogP contribution in [0.5, 0.6) is 5.75 Å². The molecule has 0 saturated heterocycles. The molecule has 0 saturated carbocycles. The minimum atomic E-state index is -4.76. The minimum absolute atomic E-state index is 0.0188. The van der Waals surface area contributed by atoms with Gasteiger partial charge in [-0.3, -0.25) is 0 Å². The topological polar surface area (TPSA) is 9.23 Å². The first-order valence-electron chi connectivity index (χ1n) is 10.0. The summed E-state index contributed by atoms with van der Waals surface area (Å²) in [7, 11) is 0. The van der Waals surface area contributed by atoms with E-state index in [1.165, 1.54) is 18.2 Å². The van der Waals surface area contributed by atoms with E-state index >= 15 is 0 Å². The van der Waals surface area contributed by atoms with E-state index < -0.39 is 41.7 Å². The fourth-order valence-electron chi connectivity index (χ4n) is 3.14. The second kappa shape index (κ2) is 9.87. The molecule has 0 amide bonds. The van der Waals surface area contributed by atoms with Crippen LogP contribution in [0.25, 0.3) is 17.2 Å². The van der Waals surface area contributed by atoms with Gasteiger partial charge in [0.15, 0.2) is 0 Å². The summed E-state index contributed by atoms with van der Waals surface area (Å²) in [5.41, 5.74) is -0.349. The molecular formula is C25H18F8O. The number of hydrogen-bond donors (Lipinski definition) is 0. The van der Waals surface area contributed by atoms with Gasteiger partial charge in [-0.2, -0.15) is 22.0 Å². The summed E-state index contributed by atoms with van der Waals surface area (Å²) in [6.45, 7) is 1.79. The number of allylic oxidation sites excluding steroid dienone is 1. The third kappa shape index (κ3) is 6.82. The third-order valence-electron chi connectivity index (χ3n) is 4.86. The SMILES string of the molecule is Cc1ccc(OC(F)(F)CCc2ccc(-c3cc(F)c(/C=C/C(F)(F)F)c(F)c3)c(F)c2)cc1. The number of aryl methyl sites for hydroxylation is 2. The van der Waals surface area contributed by atoms with Crippen LogP contribution < -0.4 is 4.74 Å². The second-order valence-electron chi connectivity index (χ2n) is 7.60. The zero-order valence-corrected chi connectivity index (χ0v) is 17.7. The highest BCUT2D eigenvalue weighted by molar-refractivity contribution is 5.67. The van der Waals surface area contributed by atoms with Gasteiger partial charge in [0.2, 0.25) is 0 Å². The lowest BCUT2D eigenvalue weighted by molar-refractivity contribution is -0.180. The van der Waals surface area contributed by atoms with Gasteiger partial charge < -0.3 is 4.74 Å². The average molecular weight is 486 g/mol. The Kier molecular flexibility index (Phi) is 7.33. The summed E-state index contributed by atoms with van der Waals surface area (Å²) >= 11 is 0. The number of rotatable bonds is 7. The summed E-state index contributed by atoms with van der Waals surface area (Å²) in [4.78, 5) is 0. The van der Waals surface area contributed by atoms with Gasteiger partial charge in [0.1, 0.15) is 23.2 Å². The Labute approximate surface area is 190 Å². The summed E-state index contributed by atoms with van der Waals surface area (Å²) in [5, 5.41) is 0. The summed E-state index contributed by atoms with van der Waals surface area (Å²) < 4.78 is 113. The fourth-order valence-corrected chi connectivity index (χ4v) is 3.14. The van der Waals surface area contributed by atoms with Crippen molar-refractivity contribution in [1.82, 2.24) is 0 Å². The van der Waals surface area contributed by atoms with Gasteiger partial charge in [0.05, 0.1) is 6.42 Å². The predicted molar refractivity (Wildman–Crippen MR) is 112 cm³/mol. The maximum absolute atomic E-state index is 14.6. The second-order valence-corrected chi connectivity index (χ2v) is 7.60. The number of benzene rings is 3. The van der Waals surface area contributed by atoms with Crippen molar-refractivity contribution in [3.8, 4) is 16.9 Å². The molecule has 0 aliphatic rings. The van der Waals surface area contributed by atoms with Crippen molar-refractivity contribution >= 4 is 6.08 Å². The molecule has 0 fully saturated rings. The normalized spacial score (nSPS) is 12.4. The van der Waals surface area contributed by atoms with Crippen molar-refractivity contribution in [3.05, 3.63) is 94.8 Å². The summed E-state index contributed by atoms with van der Waals surface area (Å²) in [6.07, 6.45) is -9.35. The van der Waals surface area contributed by atoms with Crippen molar-refractivity contribution in [1.29, 1.82) is 0 Å². The van der Waals surface area contributed by atoms with E-state index in [0.29, 0.717) is 12.1 Å². The Hall–Kier alpha value is -3.36. The lowest BCUT2D eigenvalue weighted by Gasteiger charge is -2.18. The average Bonchev–Trinajstić information content (AvgIpc) is 2.72. The molecule has 34 heavy (non-hydrogen) atoms. The molecule has 0 aliphatic carbocycles. The van der Waals surface area contributed by atoms with E-state index in [-0.39, 0.29) is 41.0 Å². The first-order valence-corrected chi connectivity index (χ1v) is 10.0. The fraction of sp³-hybridized carbons (Fsp3) is 0.200. The van der Waals surface area contributed by atoms with Crippen LogP contribution in [0.15, 0.2) is 60.7 Å². The first kappa shape index (κ1) is 25.3. The first-order chi connectivity index (χ1) is 15.8. The molecule has 0 radical (unpaired) electrons. The molecule has 3 rings (SSSR count). The molecule has 0 bridgehead atoms. The van der Waals surface area contributed by atoms with Crippen LogP contribution >= 0.6 is 0 Å². The van der Waals surface area contributed by atoms with Gasteiger partial charge in [0, 0.05) is 17.2 Å². The van der Waals surface area contributed by atoms with E-state index in [1.807, 2.05) is 0 Å². The highest BCUT2D eigenvalue weighted by Gasteiger charge is 2.31. The van der Waals surface area contributed by atoms with Gasteiger partial charge in [-0.1, -0.05) is 29.8 Å². The Morgan fingerprint density at radius 2 is 1.41 bits per heavy atom. The van der Waals surface area contributed by atoms with Crippen molar-refractivity contribution in [2.24, 2.45) is 0 Å². The minimum Gasteiger partial charge on any atom is -0.433 e. The lowest BCUT2D eigenvalue weighted by Crippen LogP contribution is -2.25. The Morgan fingerprint density at radius 3 is 1.97 bits per heavy atom. The molecule has 9 heteroatoms. The van der Waals surface area contributed by atoms with Crippen LogP contribution in [0.4, 0.5) is 35.1 Å². The van der Waals surface area contributed by atoms with Crippen molar-refractivity contribution in [2.75, 3.05) is 0 Å². The van der Waals surface area contributed by atoms with E-state index in [1.54, 1.807) is 19.1 Å². The highest BCUT2D eigenvalue weighted by Crippen LogP contribution is 2.31. The van der Waals surface area contributed by atoms with Crippen molar-refractivity contribution in [3.63, 3.8) is 0 Å². The Bertz CT molecular complexity index is 1160. The van der Waals surface area contributed by atoms with E-state index in [4.69, 9.17) is 4.74 Å². The van der Waals surface area contributed by atoms with Crippen LogP contribution in [-0.4, -0.2) is 12.3 Å². The molecule has 1 nitrogen and oxygen atoms in total. The monoisotopic (exact) mass is 486 g/mol. The van der Waals surface area contributed by atoms with Crippen LogP contribution in [0.1, 0.15) is 23.1 Å². The van der Waals surface area contributed by atoms with Gasteiger partial charge in [0.25, 0.3) is 0 Å². The zero-order chi connectivity index (χ0) is 25.1. The van der Waals surface area contributed by atoms with Crippen LogP contribution in [0, 0.1) is 24.4 Å². The largest absolute Gasteiger partial charge is 0.433 e. The van der Waals surface area contributed by atoms with E-state index in [9.17, 15) is 35.1 Å². The number of ether oxygens (including phenoxy) is 1. The van der Waals surface area contributed by atoms with Crippen LogP contribution in [0.2, 0.25) is 0 Å². The standard InChI is InChI=1S/C25H18F8O/c1-15-2-5-18(6-3-15)34-25(32,33)11-8-16-4-7-19(21(26)12-16)17-13-22(27)20(23(28)14-17)9-10-24(29,30)31/h2-7,9-10,12-14H,8,11H2,1H3/b10-9+. The van der Waals surface area contributed by atoms with Crippen LogP contribution in [-0.2, 0) is 6.42 Å². The Morgan fingerprint density at radius 1 is 0.794 bits per heavy atom. The summed E-state index contributed by atoms with van der Waals surface area (Å²) in [6, 6.07) is 10.8. The predicted octanol–water partition coefficient (Wildman–Crippen LogP) is 8.26. The summed E-state index contributed by atoms with van der Waals surface area (Å²) in [5.74, 6) is -3.58. The van der Waals surface area contributed by atoms with Crippen LogP contribution in [0.3, 0.4) is 0 Å². The maximum atomic E-state index is 14.6. The quantitative estimate of drug-likeness (QED) is 0.306. The van der Waals surface area contributed by atoms with Crippen molar-refractivity contribution in [2.45, 2.75) is 32.1 Å².